The molecule has 3 N–H and O–H groups in total. The average Bonchev–Trinajstić information content (AvgIpc) is 2.64. The number of hydrogen-bond acceptors (Lipinski definition) is 5. The molecule has 1 saturated heterocycles. The van der Waals surface area contributed by atoms with Crippen molar-refractivity contribution in [2.45, 2.75) is 6.92 Å². The van der Waals surface area contributed by atoms with Crippen LogP contribution in [0.5, 0.6) is 5.75 Å². The van der Waals surface area contributed by atoms with Crippen molar-refractivity contribution < 1.29 is 23.9 Å². The maximum Gasteiger partial charge on any atom is 0.328 e. The second-order valence-corrected chi connectivity index (χ2v) is 6.04. The molecule has 0 aromatic heterocycles. The van der Waals surface area contributed by atoms with Crippen LogP contribution in [-0.4, -0.2) is 30.4 Å². The van der Waals surface area contributed by atoms with Gasteiger partial charge in [0.2, 0.25) is 0 Å². The van der Waals surface area contributed by atoms with Crippen molar-refractivity contribution in [2.75, 3.05) is 11.9 Å². The Morgan fingerprint density at radius 1 is 1.04 bits per heavy atom. The van der Waals surface area contributed by atoms with E-state index in [0.29, 0.717) is 17.0 Å². The van der Waals surface area contributed by atoms with E-state index in [2.05, 4.69) is 5.32 Å². The van der Waals surface area contributed by atoms with Crippen molar-refractivity contribution in [1.82, 2.24) is 10.6 Å². The molecule has 2 aromatic carbocycles. The third-order valence-electron chi connectivity index (χ3n) is 3.82. The summed E-state index contributed by atoms with van der Waals surface area (Å²) in [4.78, 5) is 47.0. The molecular weight excluding hydrogens is 362 g/mol. The van der Waals surface area contributed by atoms with E-state index in [-0.39, 0.29) is 18.1 Å². The Bertz CT molecular complexity index is 975. The zero-order chi connectivity index (χ0) is 20.1. The molecule has 2 aromatic rings. The topological polar surface area (TPSA) is 114 Å². The number of barbiturate groups is 1. The number of amides is 5. The smallest absolute Gasteiger partial charge is 0.328 e. The van der Waals surface area contributed by atoms with Gasteiger partial charge in [-0.1, -0.05) is 30.3 Å². The highest BCUT2D eigenvalue weighted by atomic mass is 16.5. The van der Waals surface area contributed by atoms with Crippen LogP contribution in [0.3, 0.4) is 0 Å². The Morgan fingerprint density at radius 2 is 1.75 bits per heavy atom. The largest absolute Gasteiger partial charge is 0.483 e. The quantitative estimate of drug-likeness (QED) is 0.541. The van der Waals surface area contributed by atoms with E-state index in [4.69, 9.17) is 4.74 Å². The van der Waals surface area contributed by atoms with Gasteiger partial charge in [-0.25, -0.2) is 4.79 Å². The Hall–Kier alpha value is -3.94. The standard InChI is InChI=1S/C20H17N3O5/c1-12-5-4-7-14(9-12)21-17(24)11-28-16-8-3-2-6-13(16)10-15-18(25)22-20(27)23-19(15)26/h2-10H,11H2,1H3,(H,21,24)(H2,22,23,25,26,27). The molecule has 8 heteroatoms. The summed E-state index contributed by atoms with van der Waals surface area (Å²) in [6.07, 6.45) is 1.30. The molecule has 0 atom stereocenters. The normalized spacial score (nSPS) is 13.5. The monoisotopic (exact) mass is 379 g/mol. The van der Waals surface area contributed by atoms with Gasteiger partial charge in [-0.3, -0.25) is 25.0 Å². The number of carbonyl (C=O) groups excluding carboxylic acids is 4. The van der Waals surface area contributed by atoms with Crippen molar-refractivity contribution in [3.05, 3.63) is 65.2 Å². The summed E-state index contributed by atoms with van der Waals surface area (Å²) in [6.45, 7) is 1.66. The van der Waals surface area contributed by atoms with Gasteiger partial charge in [0.15, 0.2) is 6.61 Å². The predicted octanol–water partition coefficient (Wildman–Crippen LogP) is 1.76. The number of para-hydroxylation sites is 1. The van der Waals surface area contributed by atoms with Gasteiger partial charge in [-0.2, -0.15) is 0 Å². The number of carbonyl (C=O) groups is 4. The minimum atomic E-state index is -0.871. The Balaban J connectivity index is 1.71. The second kappa shape index (κ2) is 8.17. The summed E-state index contributed by atoms with van der Waals surface area (Å²) < 4.78 is 5.55. The molecule has 1 fully saturated rings. The van der Waals surface area contributed by atoms with Gasteiger partial charge in [0.05, 0.1) is 0 Å². The zero-order valence-electron chi connectivity index (χ0n) is 14.9. The number of ether oxygens (including phenoxy) is 1. The third kappa shape index (κ3) is 4.61. The van der Waals surface area contributed by atoms with Crippen LogP contribution in [0.15, 0.2) is 54.1 Å². The van der Waals surface area contributed by atoms with Crippen LogP contribution in [0.1, 0.15) is 11.1 Å². The summed E-state index contributed by atoms with van der Waals surface area (Å²) in [5.74, 6) is -1.65. The molecule has 3 rings (SSSR count). The van der Waals surface area contributed by atoms with E-state index in [9.17, 15) is 19.2 Å². The summed E-state index contributed by atoms with van der Waals surface area (Å²) >= 11 is 0. The third-order valence-corrected chi connectivity index (χ3v) is 3.82. The van der Waals surface area contributed by atoms with Crippen molar-refractivity contribution in [1.29, 1.82) is 0 Å². The van der Waals surface area contributed by atoms with E-state index in [1.165, 1.54) is 6.08 Å². The molecule has 1 heterocycles. The van der Waals surface area contributed by atoms with Gasteiger partial charge in [0.1, 0.15) is 11.3 Å². The first-order valence-electron chi connectivity index (χ1n) is 8.39. The molecule has 8 nitrogen and oxygen atoms in total. The van der Waals surface area contributed by atoms with E-state index in [0.717, 1.165) is 5.56 Å². The fourth-order valence-corrected chi connectivity index (χ4v) is 2.56. The fourth-order valence-electron chi connectivity index (χ4n) is 2.56. The first-order chi connectivity index (χ1) is 13.4. The van der Waals surface area contributed by atoms with E-state index in [1.54, 1.807) is 30.3 Å². The number of nitrogens with one attached hydrogen (secondary N) is 3. The number of anilines is 1. The maximum absolute atomic E-state index is 12.1. The van der Waals surface area contributed by atoms with Gasteiger partial charge in [-0.15, -0.1) is 0 Å². The SMILES string of the molecule is Cc1cccc(NC(=O)COc2ccccc2C=C2C(=O)NC(=O)NC2=O)c1. The predicted molar refractivity (Wildman–Crippen MR) is 101 cm³/mol. The molecule has 0 bridgehead atoms. The zero-order valence-corrected chi connectivity index (χ0v) is 14.9. The van der Waals surface area contributed by atoms with E-state index < -0.39 is 17.8 Å². The number of aryl methyl sites for hydroxylation is 1. The van der Waals surface area contributed by atoms with Crippen molar-refractivity contribution in [3.8, 4) is 5.75 Å². The lowest BCUT2D eigenvalue weighted by Gasteiger charge is -2.15. The molecule has 0 unspecified atom stereocenters. The van der Waals surface area contributed by atoms with Gasteiger partial charge >= 0.3 is 6.03 Å². The molecule has 5 amide bonds. The number of rotatable bonds is 5. The molecule has 1 aliphatic heterocycles. The average molecular weight is 379 g/mol. The number of urea groups is 1. The molecule has 0 spiro atoms. The van der Waals surface area contributed by atoms with E-state index >= 15 is 0 Å². The second-order valence-electron chi connectivity index (χ2n) is 6.04. The number of imide groups is 2. The van der Waals surface area contributed by atoms with Crippen LogP contribution >= 0.6 is 0 Å². The highest BCUT2D eigenvalue weighted by Gasteiger charge is 2.28. The lowest BCUT2D eigenvalue weighted by Crippen LogP contribution is -2.51. The molecule has 142 valence electrons. The van der Waals surface area contributed by atoms with Crippen molar-refractivity contribution >= 4 is 35.5 Å². The molecule has 0 aliphatic carbocycles. The van der Waals surface area contributed by atoms with Gasteiger partial charge in [-0.05, 0) is 36.8 Å². The fraction of sp³-hybridized carbons (Fsp3) is 0.100. The highest BCUT2D eigenvalue weighted by molar-refractivity contribution is 6.31. The minimum absolute atomic E-state index is 0.236. The summed E-state index contributed by atoms with van der Waals surface area (Å²) in [5.41, 5.74) is 1.85. The summed E-state index contributed by atoms with van der Waals surface area (Å²) in [7, 11) is 0. The van der Waals surface area contributed by atoms with Crippen LogP contribution in [0, 0.1) is 6.92 Å². The number of benzene rings is 2. The van der Waals surface area contributed by atoms with Gasteiger partial charge in [0.25, 0.3) is 17.7 Å². The van der Waals surface area contributed by atoms with Crippen LogP contribution in [-0.2, 0) is 14.4 Å². The highest BCUT2D eigenvalue weighted by Crippen LogP contribution is 2.22. The number of hydrogen-bond donors (Lipinski definition) is 3. The molecule has 0 radical (unpaired) electrons. The molecule has 28 heavy (non-hydrogen) atoms. The Kier molecular flexibility index (Phi) is 5.50. The Morgan fingerprint density at radius 3 is 2.46 bits per heavy atom. The lowest BCUT2D eigenvalue weighted by atomic mass is 10.1. The maximum atomic E-state index is 12.1. The first kappa shape index (κ1) is 18.8. The molecule has 0 saturated carbocycles. The van der Waals surface area contributed by atoms with Crippen LogP contribution in [0.25, 0.3) is 6.08 Å². The molecule has 1 aliphatic rings. The summed E-state index contributed by atoms with van der Waals surface area (Å²) in [5, 5.41) is 6.72. The van der Waals surface area contributed by atoms with Gasteiger partial charge < -0.3 is 10.1 Å². The van der Waals surface area contributed by atoms with Gasteiger partial charge in [0, 0.05) is 11.3 Å². The summed E-state index contributed by atoms with van der Waals surface area (Å²) in [6, 6.07) is 13.1. The lowest BCUT2D eigenvalue weighted by molar-refractivity contribution is -0.124. The van der Waals surface area contributed by atoms with Crippen LogP contribution < -0.4 is 20.7 Å². The first-order valence-corrected chi connectivity index (χ1v) is 8.39. The Labute approximate surface area is 160 Å². The van der Waals surface area contributed by atoms with Crippen molar-refractivity contribution in [3.63, 3.8) is 0 Å². The van der Waals surface area contributed by atoms with Crippen LogP contribution in [0.4, 0.5) is 10.5 Å². The minimum Gasteiger partial charge on any atom is -0.483 e. The van der Waals surface area contributed by atoms with Crippen molar-refractivity contribution in [2.24, 2.45) is 0 Å². The molecular formula is C20H17N3O5. The van der Waals surface area contributed by atoms with E-state index in [1.807, 2.05) is 35.8 Å². The van der Waals surface area contributed by atoms with Crippen LogP contribution in [0.2, 0.25) is 0 Å².